The maximum atomic E-state index is 13.5. The van der Waals surface area contributed by atoms with Crippen LogP contribution in [0.1, 0.15) is 0 Å². The third-order valence-corrected chi connectivity index (χ3v) is 3.08. The summed E-state index contributed by atoms with van der Waals surface area (Å²) in [7, 11) is 0. The molecule has 10 heteroatoms. The first kappa shape index (κ1) is 13.9. The molecule has 0 aromatic carbocycles. The lowest BCUT2D eigenvalue weighted by atomic mass is 10.1. The van der Waals surface area contributed by atoms with Crippen LogP contribution in [0.15, 0.2) is 0 Å². The predicted octanol–water partition coefficient (Wildman–Crippen LogP) is -2.41. The van der Waals surface area contributed by atoms with Crippen molar-refractivity contribution in [2.75, 3.05) is 6.61 Å². The number of carbonyl (C=O) groups excluding carboxylic acids is 1. The number of aliphatic hydroxyl groups is 2. The van der Waals surface area contributed by atoms with Gasteiger partial charge in [0.2, 0.25) is 6.17 Å². The molecule has 2 rings (SSSR count). The van der Waals surface area contributed by atoms with E-state index in [1.807, 2.05) is 0 Å². The molecule has 19 heavy (non-hydrogen) atoms. The fourth-order valence-corrected chi connectivity index (χ4v) is 2.19. The molecule has 9 nitrogen and oxygen atoms in total. The number of carboxylic acid groups (broad SMARTS) is 1. The number of nitrogens with zero attached hydrogens (tertiary/aromatic N) is 1. The van der Waals surface area contributed by atoms with Crippen LogP contribution >= 0.6 is 0 Å². The second-order valence-electron chi connectivity index (χ2n) is 4.22. The quantitative estimate of drug-likeness (QED) is 0.451. The van der Waals surface area contributed by atoms with E-state index in [-0.39, 0.29) is 0 Å². The number of carboxylic acids is 1. The third-order valence-electron chi connectivity index (χ3n) is 3.08. The zero-order valence-electron chi connectivity index (χ0n) is 9.55. The number of hydrogen-bond acceptors (Lipinski definition) is 6. The highest BCUT2D eigenvalue weighted by atomic mass is 19.1. The lowest BCUT2D eigenvalue weighted by Crippen LogP contribution is -2.51. The molecule has 0 bridgehead atoms. The van der Waals surface area contributed by atoms with Gasteiger partial charge >= 0.3 is 12.0 Å². The highest BCUT2D eigenvalue weighted by molar-refractivity contribution is 5.77. The molecule has 2 unspecified atom stereocenters. The molecule has 2 fully saturated rings. The van der Waals surface area contributed by atoms with E-state index in [1.165, 1.54) is 0 Å². The topological polar surface area (TPSA) is 143 Å². The van der Waals surface area contributed by atoms with E-state index >= 15 is 0 Å². The van der Waals surface area contributed by atoms with Gasteiger partial charge in [-0.1, -0.05) is 0 Å². The first-order chi connectivity index (χ1) is 8.88. The van der Waals surface area contributed by atoms with Gasteiger partial charge in [-0.25, -0.2) is 14.0 Å². The van der Waals surface area contributed by atoms with E-state index in [4.69, 9.17) is 25.4 Å². The van der Waals surface area contributed by atoms with Crippen molar-refractivity contribution in [3.05, 3.63) is 0 Å². The zero-order valence-corrected chi connectivity index (χ0v) is 9.55. The molecule has 2 aliphatic heterocycles. The van der Waals surface area contributed by atoms with E-state index in [0.29, 0.717) is 4.90 Å². The zero-order chi connectivity index (χ0) is 14.3. The highest BCUT2D eigenvalue weighted by Crippen LogP contribution is 2.36. The summed E-state index contributed by atoms with van der Waals surface area (Å²) < 4.78 is 23.6. The highest BCUT2D eigenvalue weighted by Gasteiger charge is 2.58. The number of alkyl halides is 1. The van der Waals surface area contributed by atoms with Crippen LogP contribution in [0.2, 0.25) is 0 Å². The number of carbonyl (C=O) groups is 2. The molecule has 2 amide bonds. The first-order valence-electron chi connectivity index (χ1n) is 5.43. The Morgan fingerprint density at radius 3 is 2.53 bits per heavy atom. The SMILES string of the molecule is NC(=O)N1C(C(F)C(=O)O)O[C@H]2[C@H](O)[C@@H](CO)O[C@H]21. The van der Waals surface area contributed by atoms with Gasteiger partial charge in [-0.3, -0.25) is 4.90 Å². The lowest BCUT2D eigenvalue weighted by molar-refractivity contribution is -0.157. The molecule has 6 atom stereocenters. The molecular formula is C9H13FN2O7. The summed E-state index contributed by atoms with van der Waals surface area (Å²) in [6.45, 7) is -0.535. The Bertz CT molecular complexity index is 395. The first-order valence-corrected chi connectivity index (χ1v) is 5.43. The van der Waals surface area contributed by atoms with E-state index in [2.05, 4.69) is 0 Å². The van der Waals surface area contributed by atoms with Crippen molar-refractivity contribution in [3.8, 4) is 0 Å². The van der Waals surface area contributed by atoms with Gasteiger partial charge in [-0.2, -0.15) is 0 Å². The largest absolute Gasteiger partial charge is 0.479 e. The number of fused-ring (bicyclic) bond motifs is 1. The van der Waals surface area contributed by atoms with Gasteiger partial charge < -0.3 is 30.5 Å². The Kier molecular flexibility index (Phi) is 3.58. The van der Waals surface area contributed by atoms with Crippen LogP contribution in [0.25, 0.3) is 0 Å². The maximum absolute atomic E-state index is 13.5. The molecule has 0 radical (unpaired) electrons. The summed E-state index contributed by atoms with van der Waals surface area (Å²) in [4.78, 5) is 22.4. The van der Waals surface area contributed by atoms with Crippen LogP contribution in [0.5, 0.6) is 0 Å². The molecule has 5 N–H and O–H groups in total. The normalized spacial score (nSPS) is 39.1. The van der Waals surface area contributed by atoms with Gasteiger partial charge in [0, 0.05) is 0 Å². The molecule has 0 aliphatic carbocycles. The summed E-state index contributed by atoms with van der Waals surface area (Å²) >= 11 is 0. The molecule has 2 aliphatic rings. The average molecular weight is 280 g/mol. The maximum Gasteiger partial charge on any atom is 0.343 e. The number of rotatable bonds is 3. The Morgan fingerprint density at radius 2 is 2.05 bits per heavy atom. The number of primary amides is 1. The monoisotopic (exact) mass is 280 g/mol. The van der Waals surface area contributed by atoms with Crippen molar-refractivity contribution in [3.63, 3.8) is 0 Å². The molecule has 0 aromatic rings. The Balaban J connectivity index is 2.23. The summed E-state index contributed by atoms with van der Waals surface area (Å²) in [5.41, 5.74) is 5.04. The van der Waals surface area contributed by atoms with E-state index in [1.54, 1.807) is 0 Å². The number of ether oxygens (including phenoxy) is 2. The van der Waals surface area contributed by atoms with E-state index in [9.17, 15) is 19.1 Å². The van der Waals surface area contributed by atoms with Crippen LogP contribution in [0.4, 0.5) is 9.18 Å². The standard InChI is InChI=1S/C9H13FN2O7/c10-3(8(15)16)6-12(9(11)17)7-5(19-6)4(14)2(1-13)18-7/h2-7,13-14H,1H2,(H2,11,17)(H,15,16)/t2-,3?,4-,5+,6?,7-/m1/s1. The summed E-state index contributed by atoms with van der Waals surface area (Å²) in [6.07, 6.45) is -9.02. The minimum atomic E-state index is -2.53. The van der Waals surface area contributed by atoms with Crippen molar-refractivity contribution < 1.29 is 38.8 Å². The van der Waals surface area contributed by atoms with Crippen molar-refractivity contribution in [2.24, 2.45) is 5.73 Å². The van der Waals surface area contributed by atoms with E-state index in [0.717, 1.165) is 0 Å². The molecular weight excluding hydrogens is 267 g/mol. The van der Waals surface area contributed by atoms with E-state index < -0.39 is 55.5 Å². The second-order valence-corrected chi connectivity index (χ2v) is 4.22. The van der Waals surface area contributed by atoms with Gasteiger partial charge in [0.15, 0.2) is 12.5 Å². The lowest BCUT2D eigenvalue weighted by Gasteiger charge is -2.27. The van der Waals surface area contributed by atoms with Crippen molar-refractivity contribution in [2.45, 2.75) is 36.9 Å². The Morgan fingerprint density at radius 1 is 1.42 bits per heavy atom. The number of urea groups is 1. The summed E-state index contributed by atoms with van der Waals surface area (Å²) in [5.74, 6) is -1.83. The minimum Gasteiger partial charge on any atom is -0.479 e. The summed E-state index contributed by atoms with van der Waals surface area (Å²) in [5, 5.41) is 27.3. The van der Waals surface area contributed by atoms with Crippen molar-refractivity contribution in [1.29, 1.82) is 0 Å². The second kappa shape index (κ2) is 4.89. The van der Waals surface area contributed by atoms with Crippen LogP contribution in [-0.4, -0.2) is 75.8 Å². The van der Waals surface area contributed by atoms with Gasteiger partial charge in [0.05, 0.1) is 6.61 Å². The number of aliphatic carboxylic acids is 1. The molecule has 0 saturated carbocycles. The Labute approximate surface area is 106 Å². The molecule has 2 heterocycles. The van der Waals surface area contributed by atoms with Crippen LogP contribution in [0, 0.1) is 0 Å². The van der Waals surface area contributed by atoms with Crippen LogP contribution < -0.4 is 5.73 Å². The summed E-state index contributed by atoms with van der Waals surface area (Å²) in [6, 6.07) is -1.15. The van der Waals surface area contributed by atoms with Crippen LogP contribution in [-0.2, 0) is 14.3 Å². The average Bonchev–Trinajstić information content (AvgIpc) is 2.85. The van der Waals surface area contributed by atoms with Crippen molar-refractivity contribution >= 4 is 12.0 Å². The smallest absolute Gasteiger partial charge is 0.343 e. The number of halogens is 1. The minimum absolute atomic E-state index is 0.535. The molecule has 108 valence electrons. The molecule has 0 aromatic heterocycles. The fourth-order valence-electron chi connectivity index (χ4n) is 2.19. The Hall–Kier alpha value is -1.49. The van der Waals surface area contributed by atoms with Crippen LogP contribution in [0.3, 0.4) is 0 Å². The molecule has 0 spiro atoms. The predicted molar refractivity (Wildman–Crippen MR) is 54.4 cm³/mol. The van der Waals surface area contributed by atoms with Crippen molar-refractivity contribution in [1.82, 2.24) is 4.90 Å². The third kappa shape index (κ3) is 2.12. The number of hydrogen-bond donors (Lipinski definition) is 4. The number of amides is 2. The van der Waals surface area contributed by atoms with Gasteiger partial charge in [0.25, 0.3) is 0 Å². The van der Waals surface area contributed by atoms with Gasteiger partial charge in [-0.15, -0.1) is 0 Å². The number of nitrogens with two attached hydrogens (primary N) is 1. The molecule has 2 saturated heterocycles. The van der Waals surface area contributed by atoms with Gasteiger partial charge in [0.1, 0.15) is 18.3 Å². The fraction of sp³-hybridized carbons (Fsp3) is 0.778. The van der Waals surface area contributed by atoms with Gasteiger partial charge in [-0.05, 0) is 0 Å². The number of aliphatic hydroxyl groups excluding tert-OH is 2.